The first-order valence-corrected chi connectivity index (χ1v) is 14.9. The first-order valence-electron chi connectivity index (χ1n) is 13.3. The summed E-state index contributed by atoms with van der Waals surface area (Å²) >= 11 is 0. The summed E-state index contributed by atoms with van der Waals surface area (Å²) < 4.78 is 31.4. The average Bonchev–Trinajstić information content (AvgIpc) is 3.08. The zero-order valence-corrected chi connectivity index (χ0v) is 21.7. The van der Waals surface area contributed by atoms with Crippen molar-refractivity contribution in [3.05, 3.63) is 0 Å². The van der Waals surface area contributed by atoms with Crippen molar-refractivity contribution in [2.75, 3.05) is 5.75 Å². The molecule has 4 saturated carbocycles. The number of rotatable bonds is 6. The van der Waals surface area contributed by atoms with Crippen LogP contribution in [0.15, 0.2) is 0 Å². The van der Waals surface area contributed by atoms with E-state index in [0.29, 0.717) is 25.2 Å². The van der Waals surface area contributed by atoms with Crippen molar-refractivity contribution in [2.24, 2.45) is 52.3 Å². The molecule has 4 N–H and O–H groups in total. The van der Waals surface area contributed by atoms with E-state index in [1.807, 2.05) is 0 Å². The van der Waals surface area contributed by atoms with Crippen molar-refractivity contribution >= 4 is 10.1 Å². The standard InChI is InChI=1S/C26H46O6S/c1-5-17-20-13-16(27)10-11-25(20,3)21-14-22(28)26(4)18(8-9-19(26)23(21)24(17)29)15(2)7-6-12-33(30,31)32/h15-24,27-29H,5-14H2,1-4H3,(H,30,31,32). The van der Waals surface area contributed by atoms with Gasteiger partial charge in [-0.1, -0.05) is 34.1 Å². The molecular weight excluding hydrogens is 440 g/mol. The van der Waals surface area contributed by atoms with Crippen molar-refractivity contribution in [3.8, 4) is 0 Å². The highest BCUT2D eigenvalue weighted by Crippen LogP contribution is 2.69. The largest absolute Gasteiger partial charge is 0.393 e. The second-order valence-electron chi connectivity index (χ2n) is 12.6. The van der Waals surface area contributed by atoms with Gasteiger partial charge in [0.25, 0.3) is 10.1 Å². The Labute approximate surface area is 200 Å². The lowest BCUT2D eigenvalue weighted by atomic mass is 9.41. The van der Waals surface area contributed by atoms with E-state index < -0.39 is 22.3 Å². The quantitative estimate of drug-likeness (QED) is 0.424. The van der Waals surface area contributed by atoms with Gasteiger partial charge < -0.3 is 15.3 Å². The average molecular weight is 487 g/mol. The minimum atomic E-state index is -3.95. The van der Waals surface area contributed by atoms with Crippen LogP contribution >= 0.6 is 0 Å². The van der Waals surface area contributed by atoms with E-state index in [2.05, 4.69) is 27.7 Å². The fraction of sp³-hybridized carbons (Fsp3) is 1.00. The number of hydrogen-bond donors (Lipinski definition) is 4. The van der Waals surface area contributed by atoms with Crippen molar-refractivity contribution in [1.29, 1.82) is 0 Å². The Morgan fingerprint density at radius 3 is 2.33 bits per heavy atom. The molecule has 0 saturated heterocycles. The Hall–Kier alpha value is -0.210. The van der Waals surface area contributed by atoms with Gasteiger partial charge in [0, 0.05) is 0 Å². The molecule has 0 aliphatic heterocycles. The molecule has 12 atom stereocenters. The summed E-state index contributed by atoms with van der Waals surface area (Å²) in [5.41, 5.74) is -0.235. The maximum Gasteiger partial charge on any atom is 0.264 e. The summed E-state index contributed by atoms with van der Waals surface area (Å²) in [6.07, 6.45) is 6.21. The van der Waals surface area contributed by atoms with E-state index in [-0.39, 0.29) is 58.2 Å². The van der Waals surface area contributed by atoms with Crippen molar-refractivity contribution < 1.29 is 28.3 Å². The number of aliphatic hydroxyl groups is 3. The SMILES string of the molecule is CCC1C(O)C2C(CC(O)C3(C)C(C(C)CCCS(=O)(=O)O)CCC23)C2(C)CCC(O)CC12. The van der Waals surface area contributed by atoms with Crippen LogP contribution in [0.5, 0.6) is 0 Å². The maximum atomic E-state index is 11.7. The van der Waals surface area contributed by atoms with Crippen LogP contribution in [-0.4, -0.2) is 52.4 Å². The smallest absolute Gasteiger partial charge is 0.264 e. The molecular formula is C26H46O6S. The third-order valence-electron chi connectivity index (χ3n) is 11.3. The molecule has 12 unspecified atom stereocenters. The maximum absolute atomic E-state index is 11.7. The van der Waals surface area contributed by atoms with E-state index in [4.69, 9.17) is 4.55 Å². The molecule has 4 rings (SSSR count). The Morgan fingerprint density at radius 2 is 1.70 bits per heavy atom. The number of fused-ring (bicyclic) bond motifs is 5. The van der Waals surface area contributed by atoms with Crippen LogP contribution in [0.2, 0.25) is 0 Å². The van der Waals surface area contributed by atoms with Gasteiger partial charge in [-0.3, -0.25) is 4.55 Å². The fourth-order valence-electron chi connectivity index (χ4n) is 9.68. The normalized spacial score (nSPS) is 50.8. The summed E-state index contributed by atoms with van der Waals surface area (Å²) in [5.74, 6) is 1.53. The van der Waals surface area contributed by atoms with Crippen molar-refractivity contribution in [3.63, 3.8) is 0 Å². The monoisotopic (exact) mass is 486 g/mol. The lowest BCUT2D eigenvalue weighted by Gasteiger charge is -2.65. The van der Waals surface area contributed by atoms with Gasteiger partial charge in [0.15, 0.2) is 0 Å². The molecule has 0 aromatic carbocycles. The van der Waals surface area contributed by atoms with Crippen molar-refractivity contribution in [2.45, 2.75) is 104 Å². The first-order chi connectivity index (χ1) is 15.3. The Balaban J connectivity index is 1.61. The van der Waals surface area contributed by atoms with E-state index in [1.165, 1.54) is 0 Å². The number of hydrogen-bond acceptors (Lipinski definition) is 5. The minimum Gasteiger partial charge on any atom is -0.393 e. The number of aliphatic hydroxyl groups excluding tert-OH is 3. The Kier molecular flexibility index (Phi) is 7.07. The van der Waals surface area contributed by atoms with Crippen LogP contribution in [0.25, 0.3) is 0 Å². The summed E-state index contributed by atoms with van der Waals surface area (Å²) in [6.45, 7) is 8.92. The van der Waals surface area contributed by atoms with E-state index in [0.717, 1.165) is 38.5 Å². The lowest BCUT2D eigenvalue weighted by Crippen LogP contribution is -2.65. The predicted molar refractivity (Wildman–Crippen MR) is 128 cm³/mol. The molecule has 7 heteroatoms. The minimum absolute atomic E-state index is 0.0469. The van der Waals surface area contributed by atoms with E-state index >= 15 is 0 Å². The van der Waals surface area contributed by atoms with Gasteiger partial charge in [-0.15, -0.1) is 0 Å². The third-order valence-corrected chi connectivity index (χ3v) is 12.1. The van der Waals surface area contributed by atoms with Crippen molar-refractivity contribution in [1.82, 2.24) is 0 Å². The first kappa shape index (κ1) is 25.9. The second-order valence-corrected chi connectivity index (χ2v) is 14.2. The highest BCUT2D eigenvalue weighted by Gasteiger charge is 2.67. The van der Waals surface area contributed by atoms with E-state index in [9.17, 15) is 23.7 Å². The Bertz CT molecular complexity index is 816. The van der Waals surface area contributed by atoms with E-state index in [1.54, 1.807) is 0 Å². The zero-order chi connectivity index (χ0) is 24.3. The van der Waals surface area contributed by atoms with Gasteiger partial charge in [-0.25, -0.2) is 0 Å². The van der Waals surface area contributed by atoms with Crippen LogP contribution in [0, 0.1) is 52.3 Å². The van der Waals surface area contributed by atoms with Gasteiger partial charge in [-0.05, 0) is 104 Å². The molecule has 192 valence electrons. The van der Waals surface area contributed by atoms with Gasteiger partial charge in [0.2, 0.25) is 0 Å². The molecule has 4 fully saturated rings. The zero-order valence-electron chi connectivity index (χ0n) is 20.9. The summed E-state index contributed by atoms with van der Waals surface area (Å²) in [5, 5.41) is 33.8. The molecule has 0 spiro atoms. The molecule has 0 heterocycles. The highest BCUT2D eigenvalue weighted by atomic mass is 32.2. The van der Waals surface area contributed by atoms with Crippen LogP contribution in [0.1, 0.15) is 85.5 Å². The fourth-order valence-corrected chi connectivity index (χ4v) is 10.2. The van der Waals surface area contributed by atoms with Crippen LogP contribution in [0.4, 0.5) is 0 Å². The van der Waals surface area contributed by atoms with Crippen LogP contribution < -0.4 is 0 Å². The molecule has 33 heavy (non-hydrogen) atoms. The van der Waals surface area contributed by atoms with Gasteiger partial charge in [-0.2, -0.15) is 8.42 Å². The van der Waals surface area contributed by atoms with Crippen LogP contribution in [-0.2, 0) is 10.1 Å². The highest BCUT2D eigenvalue weighted by molar-refractivity contribution is 7.85. The molecule has 4 aliphatic rings. The molecule has 0 amide bonds. The molecule has 6 nitrogen and oxygen atoms in total. The Morgan fingerprint density at radius 1 is 1.00 bits per heavy atom. The van der Waals surface area contributed by atoms with Gasteiger partial charge in [0.1, 0.15) is 0 Å². The molecule has 0 aromatic heterocycles. The summed E-state index contributed by atoms with van der Waals surface area (Å²) in [4.78, 5) is 0. The third kappa shape index (κ3) is 4.22. The summed E-state index contributed by atoms with van der Waals surface area (Å²) in [7, 11) is -3.95. The second kappa shape index (κ2) is 9.02. The van der Waals surface area contributed by atoms with Crippen LogP contribution in [0.3, 0.4) is 0 Å². The molecule has 4 aliphatic carbocycles. The topological polar surface area (TPSA) is 115 Å². The lowest BCUT2D eigenvalue weighted by molar-refractivity contribution is -0.228. The molecule has 0 radical (unpaired) electrons. The predicted octanol–water partition coefficient (Wildman–Crippen LogP) is 3.89. The summed E-state index contributed by atoms with van der Waals surface area (Å²) in [6, 6.07) is 0. The van der Waals surface area contributed by atoms with Gasteiger partial charge in [0.05, 0.1) is 24.1 Å². The molecule has 0 bridgehead atoms. The molecule has 0 aromatic rings. The van der Waals surface area contributed by atoms with Gasteiger partial charge >= 0.3 is 0 Å².